The Morgan fingerprint density at radius 3 is 2.29 bits per heavy atom. The van der Waals surface area contributed by atoms with E-state index >= 15 is 0 Å². The minimum absolute atomic E-state index is 0.292. The van der Waals surface area contributed by atoms with Crippen molar-refractivity contribution in [2.75, 3.05) is 25.1 Å². The van der Waals surface area contributed by atoms with Gasteiger partial charge in [-0.05, 0) is 56.2 Å². The number of nitrogens with one attached hydrogen (secondary N) is 2. The lowest BCUT2D eigenvalue weighted by Crippen LogP contribution is -2.36. The number of rotatable bonds is 8. The zero-order valence-corrected chi connectivity index (χ0v) is 17.2. The molecule has 0 radical (unpaired) electrons. The molecule has 6 nitrogen and oxygen atoms in total. The predicted octanol–water partition coefficient (Wildman–Crippen LogP) is 4.09. The maximum atomic E-state index is 12.0. The molecule has 0 aliphatic heterocycles. The zero-order valence-electron chi connectivity index (χ0n) is 15.7. The standard InChI is InChI=1S/C20H22Cl2N2O4/c1-3-27-17-8-5-13(11-18(17)28-4-2)9-10-23-19(25)20(26)24-14-6-7-15(21)16(22)12-14/h5-8,11-12H,3-4,9-10H2,1-2H3,(H,23,25)(H,24,26). The summed E-state index contributed by atoms with van der Waals surface area (Å²) in [6.07, 6.45) is 0.540. The van der Waals surface area contributed by atoms with Crippen LogP contribution >= 0.6 is 23.2 Å². The van der Waals surface area contributed by atoms with Gasteiger partial charge in [0.2, 0.25) is 0 Å². The van der Waals surface area contributed by atoms with E-state index < -0.39 is 11.8 Å². The summed E-state index contributed by atoms with van der Waals surface area (Å²) >= 11 is 11.7. The highest BCUT2D eigenvalue weighted by molar-refractivity contribution is 6.42. The van der Waals surface area contributed by atoms with Crippen LogP contribution in [0.25, 0.3) is 0 Å². The highest BCUT2D eigenvalue weighted by Crippen LogP contribution is 2.28. The number of amides is 2. The minimum Gasteiger partial charge on any atom is -0.490 e. The molecule has 0 aliphatic carbocycles. The van der Waals surface area contributed by atoms with Crippen molar-refractivity contribution in [3.8, 4) is 11.5 Å². The first-order valence-electron chi connectivity index (χ1n) is 8.87. The van der Waals surface area contributed by atoms with Crippen molar-refractivity contribution >= 4 is 40.7 Å². The van der Waals surface area contributed by atoms with E-state index in [4.69, 9.17) is 32.7 Å². The maximum Gasteiger partial charge on any atom is 0.313 e. The number of carbonyl (C=O) groups is 2. The van der Waals surface area contributed by atoms with E-state index in [0.29, 0.717) is 53.4 Å². The second-order valence-corrected chi connectivity index (χ2v) is 6.55. The first-order chi connectivity index (χ1) is 13.4. The number of benzene rings is 2. The molecule has 0 bridgehead atoms. The Hall–Kier alpha value is -2.44. The number of hydrogen-bond donors (Lipinski definition) is 2. The van der Waals surface area contributed by atoms with Gasteiger partial charge in [0.25, 0.3) is 0 Å². The Morgan fingerprint density at radius 2 is 1.61 bits per heavy atom. The molecule has 8 heteroatoms. The molecule has 2 amide bonds. The Labute approximate surface area is 174 Å². The molecule has 2 aromatic rings. The average molecular weight is 425 g/mol. The molecule has 0 heterocycles. The van der Waals surface area contributed by atoms with Crippen LogP contribution in [0.3, 0.4) is 0 Å². The van der Waals surface area contributed by atoms with Gasteiger partial charge in [-0.15, -0.1) is 0 Å². The second-order valence-electron chi connectivity index (χ2n) is 5.74. The molecule has 0 atom stereocenters. The Kier molecular flexibility index (Phi) is 8.42. The van der Waals surface area contributed by atoms with E-state index in [1.807, 2.05) is 32.0 Å². The first-order valence-corrected chi connectivity index (χ1v) is 9.63. The summed E-state index contributed by atoms with van der Waals surface area (Å²) in [7, 11) is 0. The first kappa shape index (κ1) is 21.9. The van der Waals surface area contributed by atoms with Crippen LogP contribution in [-0.2, 0) is 16.0 Å². The lowest BCUT2D eigenvalue weighted by atomic mass is 10.1. The van der Waals surface area contributed by atoms with Crippen LogP contribution in [0.4, 0.5) is 5.69 Å². The molecule has 2 N–H and O–H groups in total. The monoisotopic (exact) mass is 424 g/mol. The van der Waals surface area contributed by atoms with Crippen LogP contribution in [0, 0.1) is 0 Å². The number of hydrogen-bond acceptors (Lipinski definition) is 4. The van der Waals surface area contributed by atoms with E-state index in [-0.39, 0.29) is 0 Å². The summed E-state index contributed by atoms with van der Waals surface area (Å²) in [4.78, 5) is 23.9. The van der Waals surface area contributed by atoms with Crippen LogP contribution in [0.5, 0.6) is 11.5 Å². The molecule has 0 aliphatic rings. The molecule has 0 spiro atoms. The number of ether oxygens (including phenoxy) is 2. The Morgan fingerprint density at radius 1 is 0.893 bits per heavy atom. The van der Waals surface area contributed by atoms with Crippen LogP contribution < -0.4 is 20.1 Å². The van der Waals surface area contributed by atoms with Crippen molar-refractivity contribution in [2.45, 2.75) is 20.3 Å². The van der Waals surface area contributed by atoms with Gasteiger partial charge in [0.05, 0.1) is 23.3 Å². The van der Waals surface area contributed by atoms with E-state index in [1.54, 1.807) is 12.1 Å². The quantitative estimate of drug-likeness (QED) is 0.625. The van der Waals surface area contributed by atoms with Crippen molar-refractivity contribution < 1.29 is 19.1 Å². The fraction of sp³-hybridized carbons (Fsp3) is 0.300. The van der Waals surface area contributed by atoms with Crippen molar-refractivity contribution in [1.82, 2.24) is 5.32 Å². The number of anilines is 1. The fourth-order valence-electron chi connectivity index (χ4n) is 2.41. The molecular formula is C20H22Cl2N2O4. The van der Waals surface area contributed by atoms with Crippen LogP contribution in [0.2, 0.25) is 10.0 Å². The summed E-state index contributed by atoms with van der Waals surface area (Å²) in [5.74, 6) is -0.175. The molecule has 2 rings (SSSR count). The van der Waals surface area contributed by atoms with Gasteiger partial charge < -0.3 is 20.1 Å². The molecule has 0 fully saturated rings. The Bertz CT molecular complexity index is 843. The van der Waals surface area contributed by atoms with E-state index in [1.165, 1.54) is 6.07 Å². The third-order valence-electron chi connectivity index (χ3n) is 3.69. The smallest absolute Gasteiger partial charge is 0.313 e. The van der Waals surface area contributed by atoms with Gasteiger partial charge in [0.15, 0.2) is 11.5 Å². The number of halogens is 2. The van der Waals surface area contributed by atoms with Crippen molar-refractivity contribution in [2.24, 2.45) is 0 Å². The SMILES string of the molecule is CCOc1ccc(CCNC(=O)C(=O)Nc2ccc(Cl)c(Cl)c2)cc1OCC. The molecule has 0 aromatic heterocycles. The zero-order chi connectivity index (χ0) is 20.5. The fourth-order valence-corrected chi connectivity index (χ4v) is 2.71. The van der Waals surface area contributed by atoms with Crippen LogP contribution in [0.1, 0.15) is 19.4 Å². The third kappa shape index (κ3) is 6.32. The molecule has 2 aromatic carbocycles. The van der Waals surface area contributed by atoms with Crippen molar-refractivity contribution in [3.05, 3.63) is 52.0 Å². The molecule has 150 valence electrons. The molecule has 0 saturated heterocycles. The van der Waals surface area contributed by atoms with Crippen LogP contribution in [0.15, 0.2) is 36.4 Å². The third-order valence-corrected chi connectivity index (χ3v) is 4.43. The second kappa shape index (κ2) is 10.8. The molecule has 0 saturated carbocycles. The normalized spacial score (nSPS) is 10.3. The Balaban J connectivity index is 1.87. The topological polar surface area (TPSA) is 76.7 Å². The lowest BCUT2D eigenvalue weighted by Gasteiger charge is -2.12. The largest absolute Gasteiger partial charge is 0.490 e. The van der Waals surface area contributed by atoms with Gasteiger partial charge in [-0.3, -0.25) is 9.59 Å². The van der Waals surface area contributed by atoms with E-state index in [9.17, 15) is 9.59 Å². The number of carbonyl (C=O) groups excluding carboxylic acids is 2. The highest BCUT2D eigenvalue weighted by Gasteiger charge is 2.14. The maximum absolute atomic E-state index is 12.0. The molecule has 0 unspecified atom stereocenters. The van der Waals surface area contributed by atoms with Gasteiger partial charge in [-0.25, -0.2) is 0 Å². The molecular weight excluding hydrogens is 403 g/mol. The summed E-state index contributed by atoms with van der Waals surface area (Å²) in [6.45, 7) is 5.17. The van der Waals surface area contributed by atoms with Gasteiger partial charge in [0.1, 0.15) is 0 Å². The van der Waals surface area contributed by atoms with Crippen LogP contribution in [-0.4, -0.2) is 31.6 Å². The lowest BCUT2D eigenvalue weighted by molar-refractivity contribution is -0.136. The van der Waals surface area contributed by atoms with Gasteiger partial charge in [-0.1, -0.05) is 29.3 Å². The highest BCUT2D eigenvalue weighted by atomic mass is 35.5. The van der Waals surface area contributed by atoms with Crippen molar-refractivity contribution in [1.29, 1.82) is 0 Å². The summed E-state index contributed by atoms with van der Waals surface area (Å²) < 4.78 is 11.1. The summed E-state index contributed by atoms with van der Waals surface area (Å²) in [5.41, 5.74) is 1.35. The summed E-state index contributed by atoms with van der Waals surface area (Å²) in [5, 5.41) is 5.72. The predicted molar refractivity (Wildman–Crippen MR) is 111 cm³/mol. The van der Waals surface area contributed by atoms with Gasteiger partial charge in [0, 0.05) is 12.2 Å². The van der Waals surface area contributed by atoms with E-state index in [0.717, 1.165) is 5.56 Å². The van der Waals surface area contributed by atoms with E-state index in [2.05, 4.69) is 10.6 Å². The van der Waals surface area contributed by atoms with Gasteiger partial charge in [-0.2, -0.15) is 0 Å². The van der Waals surface area contributed by atoms with Gasteiger partial charge >= 0.3 is 11.8 Å². The summed E-state index contributed by atoms with van der Waals surface area (Å²) in [6, 6.07) is 10.2. The minimum atomic E-state index is -0.778. The van der Waals surface area contributed by atoms with Crippen molar-refractivity contribution in [3.63, 3.8) is 0 Å². The average Bonchev–Trinajstić information content (AvgIpc) is 2.67. The molecule has 28 heavy (non-hydrogen) atoms.